The first-order chi connectivity index (χ1) is 7.41. The van der Waals surface area contributed by atoms with Gasteiger partial charge in [-0.15, -0.1) is 0 Å². The highest BCUT2D eigenvalue weighted by Gasteiger charge is 2.53. The number of hydrogen-bond donors (Lipinski definition) is 0. The van der Waals surface area contributed by atoms with Crippen molar-refractivity contribution in [3.8, 4) is 0 Å². The fourth-order valence-corrected chi connectivity index (χ4v) is 3.35. The van der Waals surface area contributed by atoms with E-state index in [0.717, 1.165) is 23.7 Å². The maximum atomic E-state index is 2.52. The third-order valence-electron chi connectivity index (χ3n) is 5.29. The molecule has 0 N–H and O–H groups in total. The SMILES string of the molecule is CCCC(C)CCC1CC1(C)C(C)C(C)C. The molecule has 1 fully saturated rings. The Balaban J connectivity index is 2.28. The van der Waals surface area contributed by atoms with Crippen LogP contribution in [0.25, 0.3) is 0 Å². The van der Waals surface area contributed by atoms with Gasteiger partial charge in [0.15, 0.2) is 0 Å². The summed E-state index contributed by atoms with van der Waals surface area (Å²) in [5.74, 6) is 3.73. The molecule has 0 heterocycles. The second-order valence-corrected chi connectivity index (χ2v) is 6.91. The maximum absolute atomic E-state index is 2.52. The van der Waals surface area contributed by atoms with Crippen LogP contribution in [0, 0.1) is 29.1 Å². The third kappa shape index (κ3) is 3.25. The van der Waals surface area contributed by atoms with E-state index in [1.54, 1.807) is 0 Å². The molecule has 0 aliphatic heterocycles. The summed E-state index contributed by atoms with van der Waals surface area (Å²) in [6, 6.07) is 0. The van der Waals surface area contributed by atoms with E-state index < -0.39 is 0 Å². The molecular formula is C16H32. The smallest absolute Gasteiger partial charge is 0.0266 e. The Morgan fingerprint density at radius 1 is 1.12 bits per heavy atom. The molecule has 0 spiro atoms. The summed E-state index contributed by atoms with van der Waals surface area (Å²) in [5.41, 5.74) is 0.681. The quantitative estimate of drug-likeness (QED) is 0.534. The second kappa shape index (κ2) is 5.56. The van der Waals surface area contributed by atoms with Crippen molar-refractivity contribution in [1.82, 2.24) is 0 Å². The highest BCUT2D eigenvalue weighted by Crippen LogP contribution is 2.61. The van der Waals surface area contributed by atoms with Gasteiger partial charge in [-0.3, -0.25) is 0 Å². The summed E-state index contributed by atoms with van der Waals surface area (Å²) in [7, 11) is 0. The molecular weight excluding hydrogens is 192 g/mol. The molecule has 1 aliphatic carbocycles. The highest BCUT2D eigenvalue weighted by atomic mass is 14.6. The van der Waals surface area contributed by atoms with Crippen LogP contribution in [0.15, 0.2) is 0 Å². The highest BCUT2D eigenvalue weighted by molar-refractivity contribution is 5.02. The molecule has 0 aromatic carbocycles. The first kappa shape index (κ1) is 14.1. The Labute approximate surface area is 103 Å². The summed E-state index contributed by atoms with van der Waals surface area (Å²) in [6.07, 6.45) is 7.20. The molecule has 0 saturated heterocycles. The minimum absolute atomic E-state index is 0.681. The zero-order valence-corrected chi connectivity index (χ0v) is 12.3. The van der Waals surface area contributed by atoms with Crippen molar-refractivity contribution in [3.63, 3.8) is 0 Å². The van der Waals surface area contributed by atoms with E-state index in [1.807, 2.05) is 0 Å². The van der Waals surface area contributed by atoms with Crippen LogP contribution in [-0.2, 0) is 0 Å². The Bertz CT molecular complexity index is 206. The van der Waals surface area contributed by atoms with Crippen molar-refractivity contribution in [1.29, 1.82) is 0 Å². The van der Waals surface area contributed by atoms with Crippen LogP contribution in [0.1, 0.15) is 73.6 Å². The second-order valence-electron chi connectivity index (χ2n) is 6.91. The monoisotopic (exact) mass is 224 g/mol. The number of hydrogen-bond acceptors (Lipinski definition) is 0. The minimum atomic E-state index is 0.681. The van der Waals surface area contributed by atoms with Crippen LogP contribution < -0.4 is 0 Å². The Kier molecular flexibility index (Phi) is 4.88. The van der Waals surface area contributed by atoms with Crippen LogP contribution in [-0.4, -0.2) is 0 Å². The first-order valence-electron chi connectivity index (χ1n) is 7.41. The van der Waals surface area contributed by atoms with Gasteiger partial charge in [0.25, 0.3) is 0 Å². The molecule has 0 aromatic rings. The number of rotatable bonds is 7. The van der Waals surface area contributed by atoms with Crippen LogP contribution >= 0.6 is 0 Å². The van der Waals surface area contributed by atoms with E-state index in [9.17, 15) is 0 Å². The van der Waals surface area contributed by atoms with Gasteiger partial charge in [0.2, 0.25) is 0 Å². The van der Waals surface area contributed by atoms with Crippen molar-refractivity contribution < 1.29 is 0 Å². The zero-order chi connectivity index (χ0) is 12.3. The van der Waals surface area contributed by atoms with Gasteiger partial charge in [0.05, 0.1) is 0 Å². The lowest BCUT2D eigenvalue weighted by Gasteiger charge is -2.24. The molecule has 1 rings (SSSR count). The molecule has 4 unspecified atom stereocenters. The molecule has 0 heteroatoms. The molecule has 4 atom stereocenters. The van der Waals surface area contributed by atoms with Crippen LogP contribution in [0.2, 0.25) is 0 Å². The van der Waals surface area contributed by atoms with E-state index in [4.69, 9.17) is 0 Å². The average molecular weight is 224 g/mol. The molecule has 0 aromatic heterocycles. The molecule has 0 radical (unpaired) electrons. The van der Waals surface area contributed by atoms with Gasteiger partial charge in [-0.1, -0.05) is 60.8 Å². The first-order valence-corrected chi connectivity index (χ1v) is 7.41. The van der Waals surface area contributed by atoms with Gasteiger partial charge >= 0.3 is 0 Å². The summed E-state index contributed by atoms with van der Waals surface area (Å²) < 4.78 is 0. The third-order valence-corrected chi connectivity index (χ3v) is 5.29. The molecule has 0 bridgehead atoms. The van der Waals surface area contributed by atoms with Crippen molar-refractivity contribution in [2.45, 2.75) is 73.6 Å². The molecule has 16 heavy (non-hydrogen) atoms. The fraction of sp³-hybridized carbons (Fsp3) is 1.00. The topological polar surface area (TPSA) is 0 Å². The standard InChI is InChI=1S/C16H32/c1-7-8-13(4)9-10-15-11-16(15,6)14(5)12(2)3/h12-15H,7-11H2,1-6H3. The van der Waals surface area contributed by atoms with E-state index in [-0.39, 0.29) is 0 Å². The molecule has 1 saturated carbocycles. The van der Waals surface area contributed by atoms with Gasteiger partial charge in [-0.25, -0.2) is 0 Å². The predicted octanol–water partition coefficient (Wildman–Crippen LogP) is 5.52. The minimum Gasteiger partial charge on any atom is -0.0654 e. The Hall–Kier alpha value is 0. The molecule has 0 nitrogen and oxygen atoms in total. The molecule has 1 aliphatic rings. The van der Waals surface area contributed by atoms with E-state index in [1.165, 1.54) is 32.1 Å². The van der Waals surface area contributed by atoms with Crippen molar-refractivity contribution in [3.05, 3.63) is 0 Å². The zero-order valence-electron chi connectivity index (χ0n) is 12.3. The van der Waals surface area contributed by atoms with E-state index in [0.29, 0.717) is 5.41 Å². The van der Waals surface area contributed by atoms with Crippen LogP contribution in [0.5, 0.6) is 0 Å². The van der Waals surface area contributed by atoms with E-state index >= 15 is 0 Å². The summed E-state index contributed by atoms with van der Waals surface area (Å²) in [5, 5.41) is 0. The maximum Gasteiger partial charge on any atom is -0.0266 e. The largest absolute Gasteiger partial charge is 0.0654 e. The van der Waals surface area contributed by atoms with Gasteiger partial charge < -0.3 is 0 Å². The van der Waals surface area contributed by atoms with Gasteiger partial charge in [-0.05, 0) is 41.9 Å². The Morgan fingerprint density at radius 2 is 1.75 bits per heavy atom. The molecule has 0 amide bonds. The van der Waals surface area contributed by atoms with Gasteiger partial charge in [-0.2, -0.15) is 0 Å². The lowest BCUT2D eigenvalue weighted by Crippen LogP contribution is -2.17. The van der Waals surface area contributed by atoms with E-state index in [2.05, 4.69) is 41.5 Å². The lowest BCUT2D eigenvalue weighted by atomic mass is 9.81. The van der Waals surface area contributed by atoms with Crippen molar-refractivity contribution >= 4 is 0 Å². The van der Waals surface area contributed by atoms with Crippen molar-refractivity contribution in [2.24, 2.45) is 29.1 Å². The van der Waals surface area contributed by atoms with Crippen molar-refractivity contribution in [2.75, 3.05) is 0 Å². The van der Waals surface area contributed by atoms with Gasteiger partial charge in [0.1, 0.15) is 0 Å². The molecule has 96 valence electrons. The van der Waals surface area contributed by atoms with Gasteiger partial charge in [0, 0.05) is 0 Å². The summed E-state index contributed by atoms with van der Waals surface area (Å²) in [6.45, 7) is 14.5. The Morgan fingerprint density at radius 3 is 2.25 bits per heavy atom. The summed E-state index contributed by atoms with van der Waals surface area (Å²) >= 11 is 0. The summed E-state index contributed by atoms with van der Waals surface area (Å²) in [4.78, 5) is 0. The normalized spacial score (nSPS) is 32.8. The van der Waals surface area contributed by atoms with Crippen LogP contribution in [0.4, 0.5) is 0 Å². The fourth-order valence-electron chi connectivity index (χ4n) is 3.35. The predicted molar refractivity (Wildman–Crippen MR) is 73.5 cm³/mol. The van der Waals surface area contributed by atoms with Crippen LogP contribution in [0.3, 0.4) is 0 Å². The lowest BCUT2D eigenvalue weighted by molar-refractivity contribution is 0.245. The average Bonchev–Trinajstić information content (AvgIpc) is 2.87.